The van der Waals surface area contributed by atoms with Gasteiger partial charge in [-0.2, -0.15) is 0 Å². The van der Waals surface area contributed by atoms with Crippen molar-refractivity contribution in [2.24, 2.45) is 0 Å². The lowest BCUT2D eigenvalue weighted by Gasteiger charge is -2.08. The van der Waals surface area contributed by atoms with Crippen LogP contribution in [0.25, 0.3) is 0 Å². The minimum absolute atomic E-state index is 0.0460. The SMILES string of the molecule is Nc1ccc(S(=O)(=O)Nc2cccc(Cl)n2)cc1F. The number of halogens is 2. The summed E-state index contributed by atoms with van der Waals surface area (Å²) >= 11 is 5.64. The van der Waals surface area contributed by atoms with Gasteiger partial charge in [-0.1, -0.05) is 17.7 Å². The average molecular weight is 302 g/mol. The van der Waals surface area contributed by atoms with Crippen LogP contribution in [0.3, 0.4) is 0 Å². The highest BCUT2D eigenvalue weighted by atomic mass is 35.5. The van der Waals surface area contributed by atoms with Crippen molar-refractivity contribution in [3.63, 3.8) is 0 Å². The van der Waals surface area contributed by atoms with Crippen LogP contribution in [0.2, 0.25) is 5.15 Å². The van der Waals surface area contributed by atoms with Gasteiger partial charge in [-0.25, -0.2) is 17.8 Å². The minimum atomic E-state index is -3.94. The Kier molecular flexibility index (Phi) is 3.59. The van der Waals surface area contributed by atoms with Crippen LogP contribution in [0.1, 0.15) is 0 Å². The summed E-state index contributed by atoms with van der Waals surface area (Å²) in [6.07, 6.45) is 0. The molecule has 0 aliphatic heterocycles. The van der Waals surface area contributed by atoms with Gasteiger partial charge >= 0.3 is 0 Å². The van der Waals surface area contributed by atoms with E-state index in [4.69, 9.17) is 17.3 Å². The van der Waals surface area contributed by atoms with Crippen molar-refractivity contribution in [2.75, 3.05) is 10.5 Å². The second-order valence-corrected chi connectivity index (χ2v) is 5.70. The Morgan fingerprint density at radius 2 is 2.00 bits per heavy atom. The first kappa shape index (κ1) is 13.6. The number of pyridine rings is 1. The number of hydrogen-bond acceptors (Lipinski definition) is 4. The van der Waals surface area contributed by atoms with Gasteiger partial charge in [-0.3, -0.25) is 4.72 Å². The van der Waals surface area contributed by atoms with Gasteiger partial charge in [0.05, 0.1) is 10.6 Å². The highest BCUT2D eigenvalue weighted by Crippen LogP contribution is 2.19. The zero-order valence-corrected chi connectivity index (χ0v) is 11.0. The number of benzene rings is 1. The lowest BCUT2D eigenvalue weighted by Crippen LogP contribution is -2.14. The summed E-state index contributed by atoms with van der Waals surface area (Å²) in [5, 5.41) is 0.142. The second kappa shape index (κ2) is 5.02. The van der Waals surface area contributed by atoms with Gasteiger partial charge in [-0.05, 0) is 30.3 Å². The molecule has 0 aliphatic rings. The monoisotopic (exact) mass is 301 g/mol. The maximum Gasteiger partial charge on any atom is 0.263 e. The maximum atomic E-state index is 13.3. The van der Waals surface area contributed by atoms with E-state index in [-0.39, 0.29) is 21.6 Å². The number of nitrogens with zero attached hydrogens (tertiary/aromatic N) is 1. The molecule has 0 radical (unpaired) electrons. The van der Waals surface area contributed by atoms with Crippen molar-refractivity contribution >= 4 is 33.1 Å². The van der Waals surface area contributed by atoms with E-state index in [0.717, 1.165) is 6.07 Å². The van der Waals surface area contributed by atoms with Crippen LogP contribution in [0, 0.1) is 5.82 Å². The van der Waals surface area contributed by atoms with Crippen LogP contribution in [-0.4, -0.2) is 13.4 Å². The normalized spacial score (nSPS) is 11.3. The molecule has 1 aromatic carbocycles. The zero-order chi connectivity index (χ0) is 14.0. The molecule has 2 aromatic rings. The second-order valence-electron chi connectivity index (χ2n) is 3.63. The van der Waals surface area contributed by atoms with Crippen LogP contribution in [-0.2, 0) is 10.0 Å². The molecule has 1 heterocycles. The number of nitrogen functional groups attached to an aromatic ring is 1. The summed E-state index contributed by atoms with van der Waals surface area (Å²) in [4.78, 5) is 3.53. The summed E-state index contributed by atoms with van der Waals surface area (Å²) in [7, 11) is -3.94. The van der Waals surface area contributed by atoms with E-state index in [9.17, 15) is 12.8 Å². The van der Waals surface area contributed by atoms with Crippen molar-refractivity contribution in [3.8, 4) is 0 Å². The number of nitrogens with two attached hydrogens (primary N) is 1. The fourth-order valence-electron chi connectivity index (χ4n) is 1.34. The molecular formula is C11H9ClFN3O2S. The molecule has 0 atom stereocenters. The molecule has 8 heteroatoms. The highest BCUT2D eigenvalue weighted by Gasteiger charge is 2.16. The molecule has 0 aliphatic carbocycles. The van der Waals surface area contributed by atoms with E-state index in [1.165, 1.54) is 30.3 Å². The fourth-order valence-corrected chi connectivity index (χ4v) is 2.51. The Balaban J connectivity index is 2.35. The standard InChI is InChI=1S/C11H9ClFN3O2S/c12-10-2-1-3-11(15-10)16-19(17,18)7-4-5-9(14)8(13)6-7/h1-6H,14H2,(H,15,16). The molecule has 3 N–H and O–H groups in total. The average Bonchev–Trinajstić information content (AvgIpc) is 2.32. The molecule has 2 rings (SSSR count). The molecule has 0 saturated heterocycles. The first-order valence-corrected chi connectivity index (χ1v) is 6.95. The highest BCUT2D eigenvalue weighted by molar-refractivity contribution is 7.92. The third-order valence-corrected chi connectivity index (χ3v) is 3.80. The number of aromatic nitrogens is 1. The van der Waals surface area contributed by atoms with Crippen molar-refractivity contribution in [1.82, 2.24) is 4.98 Å². The Morgan fingerprint density at radius 3 is 2.63 bits per heavy atom. The van der Waals surface area contributed by atoms with E-state index < -0.39 is 15.8 Å². The van der Waals surface area contributed by atoms with Gasteiger partial charge in [0.1, 0.15) is 16.8 Å². The predicted octanol–water partition coefficient (Wildman–Crippen LogP) is 2.26. The fraction of sp³-hybridized carbons (Fsp3) is 0. The first-order valence-electron chi connectivity index (χ1n) is 5.09. The molecule has 0 bridgehead atoms. The summed E-state index contributed by atoms with van der Waals surface area (Å²) in [6, 6.07) is 7.68. The summed E-state index contributed by atoms with van der Waals surface area (Å²) < 4.78 is 39.4. The van der Waals surface area contributed by atoms with Gasteiger partial charge in [0.25, 0.3) is 10.0 Å². The summed E-state index contributed by atoms with van der Waals surface area (Å²) in [5.74, 6) is -0.758. The molecular weight excluding hydrogens is 293 g/mol. The molecule has 1 aromatic heterocycles. The van der Waals surface area contributed by atoms with Gasteiger partial charge in [-0.15, -0.1) is 0 Å². The molecule has 0 unspecified atom stereocenters. The smallest absolute Gasteiger partial charge is 0.263 e. The van der Waals surface area contributed by atoms with E-state index in [0.29, 0.717) is 0 Å². The van der Waals surface area contributed by atoms with E-state index in [1.807, 2.05) is 0 Å². The van der Waals surface area contributed by atoms with E-state index in [1.54, 1.807) is 0 Å². The molecule has 0 spiro atoms. The lowest BCUT2D eigenvalue weighted by atomic mass is 10.3. The third-order valence-electron chi connectivity index (χ3n) is 2.24. The van der Waals surface area contributed by atoms with Crippen LogP contribution in [0.4, 0.5) is 15.9 Å². The van der Waals surface area contributed by atoms with Gasteiger partial charge < -0.3 is 5.73 Å². The van der Waals surface area contributed by atoms with Crippen LogP contribution < -0.4 is 10.5 Å². The molecule has 0 saturated carbocycles. The zero-order valence-electron chi connectivity index (χ0n) is 9.47. The van der Waals surface area contributed by atoms with Crippen LogP contribution >= 0.6 is 11.6 Å². The molecule has 0 amide bonds. The number of sulfonamides is 1. The Labute approximate surface area is 114 Å². The van der Waals surface area contributed by atoms with Gasteiger partial charge in [0.15, 0.2) is 0 Å². The Hall–Kier alpha value is -1.86. The third kappa shape index (κ3) is 3.12. The first-order chi connectivity index (χ1) is 8.88. The lowest BCUT2D eigenvalue weighted by molar-refractivity contribution is 0.596. The Morgan fingerprint density at radius 1 is 1.26 bits per heavy atom. The minimum Gasteiger partial charge on any atom is -0.396 e. The molecule has 100 valence electrons. The van der Waals surface area contributed by atoms with E-state index in [2.05, 4.69) is 9.71 Å². The van der Waals surface area contributed by atoms with Gasteiger partial charge in [0.2, 0.25) is 0 Å². The topological polar surface area (TPSA) is 85.1 Å². The predicted molar refractivity (Wildman–Crippen MR) is 70.9 cm³/mol. The molecule has 0 fully saturated rings. The summed E-state index contributed by atoms with van der Waals surface area (Å²) in [6.45, 7) is 0. The van der Waals surface area contributed by atoms with Crippen molar-refractivity contribution in [2.45, 2.75) is 4.90 Å². The number of hydrogen-bond donors (Lipinski definition) is 2. The summed E-state index contributed by atoms with van der Waals surface area (Å²) in [5.41, 5.74) is 5.16. The number of nitrogens with one attached hydrogen (secondary N) is 1. The number of anilines is 2. The molecule has 19 heavy (non-hydrogen) atoms. The Bertz CT molecular complexity index is 722. The maximum absolute atomic E-state index is 13.3. The van der Waals surface area contributed by atoms with Crippen molar-refractivity contribution in [1.29, 1.82) is 0 Å². The number of rotatable bonds is 3. The van der Waals surface area contributed by atoms with Crippen molar-refractivity contribution < 1.29 is 12.8 Å². The van der Waals surface area contributed by atoms with Crippen LogP contribution in [0.15, 0.2) is 41.3 Å². The van der Waals surface area contributed by atoms with Crippen molar-refractivity contribution in [3.05, 3.63) is 47.4 Å². The van der Waals surface area contributed by atoms with Crippen LogP contribution in [0.5, 0.6) is 0 Å². The largest absolute Gasteiger partial charge is 0.396 e. The van der Waals surface area contributed by atoms with Gasteiger partial charge in [0, 0.05) is 0 Å². The quantitative estimate of drug-likeness (QED) is 0.672. The van der Waals surface area contributed by atoms with E-state index >= 15 is 0 Å². The molecule has 5 nitrogen and oxygen atoms in total.